The van der Waals surface area contributed by atoms with Gasteiger partial charge in [-0.2, -0.15) is 0 Å². The van der Waals surface area contributed by atoms with Crippen molar-refractivity contribution in [3.8, 4) is 5.75 Å². The first kappa shape index (κ1) is 24.1. The third kappa shape index (κ3) is 4.40. The predicted molar refractivity (Wildman–Crippen MR) is 144 cm³/mol. The molecule has 1 atom stereocenters. The minimum atomic E-state index is -0.864. The molecule has 0 radical (unpaired) electrons. The molecule has 3 aromatic rings. The van der Waals surface area contributed by atoms with Crippen LogP contribution in [-0.4, -0.2) is 27.2 Å². The van der Waals surface area contributed by atoms with Crippen molar-refractivity contribution in [1.29, 1.82) is 0 Å². The summed E-state index contributed by atoms with van der Waals surface area (Å²) < 4.78 is 12.1. The molecule has 1 heterocycles. The van der Waals surface area contributed by atoms with Crippen molar-refractivity contribution in [2.45, 2.75) is 19.4 Å². The number of anilines is 1. The van der Waals surface area contributed by atoms with Gasteiger partial charge in [0.05, 0.1) is 12.7 Å². The third-order valence-corrected chi connectivity index (χ3v) is 6.32. The lowest BCUT2D eigenvalue weighted by atomic mass is 9.82. The van der Waals surface area contributed by atoms with Crippen LogP contribution in [0.15, 0.2) is 78.9 Å². The number of methoxy groups -OCH3 is 1. The molecule has 4 heteroatoms. The smallest absolute Gasteiger partial charge is 0.338 e. The van der Waals surface area contributed by atoms with Crippen LogP contribution in [0.4, 0.5) is 5.69 Å². The van der Waals surface area contributed by atoms with Gasteiger partial charge in [-0.1, -0.05) is 66.8 Å². The molecule has 3 aromatic carbocycles. The predicted octanol–water partition coefficient (Wildman–Crippen LogP) is 5.05. The average Bonchev–Trinajstić information content (AvgIpc) is 2.91. The summed E-state index contributed by atoms with van der Waals surface area (Å²) in [5, 5.41) is 1.82. The monoisotopic (exact) mass is 465 g/mol. The Labute approximate surface area is 207 Å². The number of fused-ring (bicyclic) bond motifs is 1. The van der Waals surface area contributed by atoms with E-state index in [1.165, 1.54) is 7.11 Å². The van der Waals surface area contributed by atoms with Crippen molar-refractivity contribution in [1.82, 2.24) is 0 Å². The normalized spacial score (nSPS) is 17.9. The Kier molecular flexibility index (Phi) is 6.92. The average molecular weight is 466 g/mol. The summed E-state index contributed by atoms with van der Waals surface area (Å²) in [6, 6.07) is 20.4. The van der Waals surface area contributed by atoms with Gasteiger partial charge >= 0.3 is 5.97 Å². The summed E-state index contributed by atoms with van der Waals surface area (Å²) in [5.74, 6) is 0.264. The van der Waals surface area contributed by atoms with E-state index in [0.717, 1.165) is 32.8 Å². The van der Waals surface area contributed by atoms with E-state index in [-0.39, 0.29) is 0 Å². The molecule has 0 fully saturated rings. The Morgan fingerprint density at radius 2 is 1.69 bits per heavy atom. The van der Waals surface area contributed by atoms with Crippen LogP contribution in [0.5, 0.6) is 5.75 Å². The van der Waals surface area contributed by atoms with E-state index in [1.54, 1.807) is 0 Å². The van der Waals surface area contributed by atoms with Gasteiger partial charge in [0.25, 0.3) is 0 Å². The van der Waals surface area contributed by atoms with Gasteiger partial charge in [-0.15, -0.1) is 0 Å². The SMILES string of the molecule is C\C=C/C=c1/c2c(c(C(=O)OC)c/c1=C/C)C=CC(c1ccccc1)(c1ccc(N(C)C)cc1)O2. The molecule has 0 bridgehead atoms. The number of hydrogen-bond acceptors (Lipinski definition) is 4. The highest BCUT2D eigenvalue weighted by Gasteiger charge is 2.38. The number of rotatable bonds is 5. The van der Waals surface area contributed by atoms with Crippen molar-refractivity contribution < 1.29 is 14.3 Å². The van der Waals surface area contributed by atoms with Crippen molar-refractivity contribution in [2.24, 2.45) is 0 Å². The summed E-state index contributed by atoms with van der Waals surface area (Å²) in [4.78, 5) is 14.8. The molecule has 1 aliphatic rings. The molecule has 35 heavy (non-hydrogen) atoms. The van der Waals surface area contributed by atoms with Crippen molar-refractivity contribution in [3.63, 3.8) is 0 Å². The molecular formula is C31H31NO3. The number of esters is 1. The topological polar surface area (TPSA) is 38.8 Å². The fourth-order valence-electron chi connectivity index (χ4n) is 4.43. The maximum absolute atomic E-state index is 12.7. The van der Waals surface area contributed by atoms with Gasteiger partial charge in [0, 0.05) is 41.7 Å². The third-order valence-electron chi connectivity index (χ3n) is 6.32. The summed E-state index contributed by atoms with van der Waals surface area (Å²) in [7, 11) is 5.45. The molecule has 0 saturated carbocycles. The van der Waals surface area contributed by atoms with E-state index >= 15 is 0 Å². The lowest BCUT2D eigenvalue weighted by Crippen LogP contribution is -2.40. The molecule has 4 rings (SSSR count). The van der Waals surface area contributed by atoms with Crippen LogP contribution in [0.1, 0.15) is 40.9 Å². The van der Waals surface area contributed by atoms with Crippen molar-refractivity contribution in [2.75, 3.05) is 26.1 Å². The van der Waals surface area contributed by atoms with Gasteiger partial charge in [0.15, 0.2) is 5.60 Å². The zero-order valence-corrected chi connectivity index (χ0v) is 20.9. The van der Waals surface area contributed by atoms with Crippen LogP contribution in [-0.2, 0) is 10.3 Å². The molecule has 0 aromatic heterocycles. The minimum Gasteiger partial charge on any atom is -0.472 e. The molecular weight excluding hydrogens is 434 g/mol. The molecule has 1 unspecified atom stereocenters. The van der Waals surface area contributed by atoms with Gasteiger partial charge in [-0.05, 0) is 49.4 Å². The molecule has 4 nitrogen and oxygen atoms in total. The molecule has 0 aliphatic carbocycles. The standard InChI is InChI=1S/C31H31NO3/c1-6-8-14-26-22(7-2)21-28(30(33)34-5)27-19-20-31(35-29(26)27,23-12-10-9-11-13-23)24-15-17-25(18-16-24)32(3)4/h6-21H,1-5H3/b8-6-,22-7-,26-14+. The number of nitrogens with zero attached hydrogens (tertiary/aromatic N) is 1. The van der Waals surface area contributed by atoms with Gasteiger partial charge in [-0.3, -0.25) is 0 Å². The second-order valence-electron chi connectivity index (χ2n) is 8.62. The first-order chi connectivity index (χ1) is 16.9. The molecule has 0 spiro atoms. The van der Waals surface area contributed by atoms with Gasteiger partial charge < -0.3 is 14.4 Å². The lowest BCUT2D eigenvalue weighted by molar-refractivity contribution is 0.0598. The van der Waals surface area contributed by atoms with Gasteiger partial charge in [0.1, 0.15) is 5.75 Å². The van der Waals surface area contributed by atoms with E-state index in [9.17, 15) is 4.79 Å². The fraction of sp³-hybridized carbons (Fsp3) is 0.194. The van der Waals surface area contributed by atoms with Crippen LogP contribution < -0.4 is 20.1 Å². The molecule has 0 amide bonds. The Morgan fingerprint density at radius 3 is 2.29 bits per heavy atom. The summed E-state index contributed by atoms with van der Waals surface area (Å²) in [5.41, 5.74) is 3.44. The summed E-state index contributed by atoms with van der Waals surface area (Å²) in [6.07, 6.45) is 12.0. The van der Waals surface area contributed by atoms with Crippen LogP contribution in [0, 0.1) is 0 Å². The Hall–Kier alpha value is -4.05. The number of carbonyl (C=O) groups is 1. The zero-order valence-electron chi connectivity index (χ0n) is 20.9. The maximum Gasteiger partial charge on any atom is 0.338 e. The van der Waals surface area contributed by atoms with E-state index in [0.29, 0.717) is 11.3 Å². The Balaban J connectivity index is 2.05. The van der Waals surface area contributed by atoms with Crippen molar-refractivity contribution >= 4 is 29.9 Å². The van der Waals surface area contributed by atoms with Crippen LogP contribution in [0.2, 0.25) is 0 Å². The highest BCUT2D eigenvalue weighted by Crippen LogP contribution is 2.41. The number of ether oxygens (including phenoxy) is 2. The number of hydrogen-bond donors (Lipinski definition) is 0. The van der Waals surface area contributed by atoms with E-state index in [2.05, 4.69) is 41.3 Å². The van der Waals surface area contributed by atoms with E-state index in [4.69, 9.17) is 9.47 Å². The Bertz CT molecular complexity index is 1400. The summed E-state index contributed by atoms with van der Waals surface area (Å²) >= 11 is 0. The first-order valence-corrected chi connectivity index (χ1v) is 11.7. The first-order valence-electron chi connectivity index (χ1n) is 11.7. The van der Waals surface area contributed by atoms with Gasteiger partial charge in [-0.25, -0.2) is 4.79 Å². The summed E-state index contributed by atoms with van der Waals surface area (Å²) in [6.45, 7) is 3.93. The van der Waals surface area contributed by atoms with E-state index in [1.807, 2.05) is 88.7 Å². The van der Waals surface area contributed by atoms with E-state index < -0.39 is 11.6 Å². The van der Waals surface area contributed by atoms with Crippen LogP contribution in [0.3, 0.4) is 0 Å². The zero-order chi connectivity index (χ0) is 25.0. The minimum absolute atomic E-state index is 0.391. The lowest BCUT2D eigenvalue weighted by Gasteiger charge is -2.37. The largest absolute Gasteiger partial charge is 0.472 e. The molecule has 178 valence electrons. The Morgan fingerprint density at radius 1 is 1.00 bits per heavy atom. The van der Waals surface area contributed by atoms with Gasteiger partial charge in [0.2, 0.25) is 0 Å². The second-order valence-corrected chi connectivity index (χ2v) is 8.62. The molecule has 0 saturated heterocycles. The van der Waals surface area contributed by atoms with Crippen molar-refractivity contribution in [3.05, 3.63) is 112 Å². The van der Waals surface area contributed by atoms with Crippen LogP contribution >= 0.6 is 0 Å². The maximum atomic E-state index is 12.7. The molecule has 0 N–H and O–H groups in total. The quantitative estimate of drug-likeness (QED) is 0.495. The highest BCUT2D eigenvalue weighted by atomic mass is 16.5. The molecule has 1 aliphatic heterocycles. The number of carbonyl (C=O) groups excluding carboxylic acids is 1. The highest BCUT2D eigenvalue weighted by molar-refractivity contribution is 5.95. The number of allylic oxidation sites excluding steroid dienone is 2. The van der Waals surface area contributed by atoms with Crippen LogP contribution in [0.25, 0.3) is 18.2 Å². The second kappa shape index (κ2) is 10.1. The fourth-order valence-corrected chi connectivity index (χ4v) is 4.43. The number of benzene rings is 3.